The second-order valence-electron chi connectivity index (χ2n) is 7.44. The summed E-state index contributed by atoms with van der Waals surface area (Å²) in [6.45, 7) is 8.22. The lowest BCUT2D eigenvalue weighted by Gasteiger charge is -2.34. The van der Waals surface area contributed by atoms with Gasteiger partial charge in [-0.15, -0.1) is 0 Å². The number of carbonyl (C=O) groups is 1. The second-order valence-corrected chi connectivity index (χ2v) is 7.44. The maximum Gasteiger partial charge on any atom is 0.224 e. The van der Waals surface area contributed by atoms with Crippen LogP contribution in [-0.4, -0.2) is 47.4 Å². The number of piperidine rings is 1. The molecule has 0 aromatic carbocycles. The molecular weight excluding hydrogens is 276 g/mol. The fourth-order valence-corrected chi connectivity index (χ4v) is 4.19. The van der Waals surface area contributed by atoms with E-state index in [4.69, 9.17) is 4.99 Å². The highest BCUT2D eigenvalue weighted by atomic mass is 16.2. The third-order valence-electron chi connectivity index (χ3n) is 5.44. The van der Waals surface area contributed by atoms with Gasteiger partial charge in [0.2, 0.25) is 5.91 Å². The van der Waals surface area contributed by atoms with Gasteiger partial charge in [0.05, 0.1) is 17.6 Å². The van der Waals surface area contributed by atoms with Gasteiger partial charge in [-0.2, -0.15) is 0 Å². The van der Waals surface area contributed by atoms with Gasteiger partial charge in [-0.3, -0.25) is 9.79 Å². The summed E-state index contributed by atoms with van der Waals surface area (Å²) in [5.74, 6) is 2.45. The molecule has 1 saturated carbocycles. The molecule has 1 amide bonds. The summed E-state index contributed by atoms with van der Waals surface area (Å²) in [7, 11) is 0. The van der Waals surface area contributed by atoms with E-state index in [9.17, 15) is 4.79 Å². The molecule has 3 heterocycles. The topological polar surface area (TPSA) is 56.7 Å². The fourth-order valence-electron chi connectivity index (χ4n) is 4.19. The molecule has 0 aromatic heterocycles. The zero-order valence-electron chi connectivity index (χ0n) is 13.4. The first-order valence-electron chi connectivity index (χ1n) is 8.23. The molecule has 1 aliphatic carbocycles. The number of amides is 1. The van der Waals surface area contributed by atoms with E-state index < -0.39 is 5.54 Å². The number of nitrogens with one attached hydrogen (secondary N) is 2. The Kier molecular flexibility index (Phi) is 2.98. The van der Waals surface area contributed by atoms with Crippen molar-refractivity contribution in [3.63, 3.8) is 0 Å². The Labute approximate surface area is 131 Å². The first-order chi connectivity index (χ1) is 10.5. The summed E-state index contributed by atoms with van der Waals surface area (Å²) in [6, 6.07) is 0.498. The van der Waals surface area contributed by atoms with Crippen molar-refractivity contribution in [1.82, 2.24) is 15.5 Å². The molecule has 118 valence electrons. The van der Waals surface area contributed by atoms with Crippen LogP contribution in [0.15, 0.2) is 29.4 Å². The molecule has 5 nitrogen and oxygen atoms in total. The predicted octanol–water partition coefficient (Wildman–Crippen LogP) is 0.901. The first kappa shape index (κ1) is 14.0. The molecule has 0 bridgehead atoms. The van der Waals surface area contributed by atoms with E-state index >= 15 is 0 Å². The van der Waals surface area contributed by atoms with E-state index in [1.165, 1.54) is 0 Å². The number of amidine groups is 1. The first-order valence-corrected chi connectivity index (χ1v) is 8.23. The molecule has 1 saturated heterocycles. The van der Waals surface area contributed by atoms with Gasteiger partial charge in [-0.05, 0) is 51.8 Å². The summed E-state index contributed by atoms with van der Waals surface area (Å²) in [5, 5.41) is 6.58. The molecule has 2 fully saturated rings. The zero-order chi connectivity index (χ0) is 15.5. The maximum atomic E-state index is 12.6. The van der Waals surface area contributed by atoms with Crippen molar-refractivity contribution >= 4 is 11.7 Å². The lowest BCUT2D eigenvalue weighted by Crippen LogP contribution is -2.55. The minimum atomic E-state index is -0.445. The predicted molar refractivity (Wildman–Crippen MR) is 86.4 cm³/mol. The van der Waals surface area contributed by atoms with Crippen molar-refractivity contribution < 1.29 is 4.79 Å². The van der Waals surface area contributed by atoms with Gasteiger partial charge in [0.15, 0.2) is 0 Å². The average Bonchev–Trinajstić information content (AvgIpc) is 2.82. The molecule has 2 unspecified atom stereocenters. The van der Waals surface area contributed by atoms with Gasteiger partial charge >= 0.3 is 0 Å². The van der Waals surface area contributed by atoms with Gasteiger partial charge in [0, 0.05) is 12.1 Å². The molecule has 5 heteroatoms. The minimum absolute atomic E-state index is 0.192. The van der Waals surface area contributed by atoms with Crippen LogP contribution >= 0.6 is 0 Å². The number of aliphatic imine (C=N–C) groups is 1. The van der Waals surface area contributed by atoms with Gasteiger partial charge in [-0.1, -0.05) is 12.2 Å². The van der Waals surface area contributed by atoms with E-state index in [0.29, 0.717) is 11.8 Å². The summed E-state index contributed by atoms with van der Waals surface area (Å²) >= 11 is 0. The number of hydrogen-bond acceptors (Lipinski definition) is 4. The third-order valence-corrected chi connectivity index (χ3v) is 5.44. The Morgan fingerprint density at radius 2 is 2.09 bits per heavy atom. The standard InChI is InChI=1S/C17H24N4O/c1-10-13-6-4-5-7-21(13)16(19-10)17(2,3)20-15(22)14-11-8-18-9-12(11)14/h4-7,10-14,18H,8-9H2,1-3H3,(H,20,22)/t10?,11-,12+,13?,14+. The Morgan fingerprint density at radius 3 is 2.82 bits per heavy atom. The van der Waals surface area contributed by atoms with Crippen LogP contribution in [-0.2, 0) is 4.79 Å². The van der Waals surface area contributed by atoms with Crippen LogP contribution < -0.4 is 10.6 Å². The van der Waals surface area contributed by atoms with E-state index in [1.54, 1.807) is 0 Å². The SMILES string of the molecule is CC1N=C(C(C)(C)NC(=O)[C@H]2[C@@H]3CNC[C@@H]32)N2C=CC=CC12. The average molecular weight is 300 g/mol. The smallest absolute Gasteiger partial charge is 0.224 e. The van der Waals surface area contributed by atoms with E-state index in [-0.39, 0.29) is 23.9 Å². The number of nitrogens with zero attached hydrogens (tertiary/aromatic N) is 2. The number of carbonyl (C=O) groups excluding carboxylic acids is 1. The van der Waals surface area contributed by atoms with E-state index in [0.717, 1.165) is 18.9 Å². The van der Waals surface area contributed by atoms with Crippen molar-refractivity contribution in [2.45, 2.75) is 38.4 Å². The van der Waals surface area contributed by atoms with Crippen LogP contribution in [0, 0.1) is 17.8 Å². The molecule has 2 N–H and O–H groups in total. The summed E-state index contributed by atoms with van der Waals surface area (Å²) in [6.07, 6.45) is 8.34. The van der Waals surface area contributed by atoms with Gasteiger partial charge in [0.1, 0.15) is 5.84 Å². The van der Waals surface area contributed by atoms with Crippen molar-refractivity contribution in [3.05, 3.63) is 24.4 Å². The highest BCUT2D eigenvalue weighted by molar-refractivity contribution is 5.98. The van der Waals surface area contributed by atoms with Crippen LogP contribution in [0.25, 0.3) is 0 Å². The van der Waals surface area contributed by atoms with Crippen LogP contribution in [0.5, 0.6) is 0 Å². The molecule has 0 spiro atoms. The lowest BCUT2D eigenvalue weighted by molar-refractivity contribution is -0.124. The van der Waals surface area contributed by atoms with E-state index in [2.05, 4.69) is 54.7 Å². The largest absolute Gasteiger partial charge is 0.344 e. The Morgan fingerprint density at radius 1 is 1.36 bits per heavy atom. The molecule has 4 rings (SSSR count). The number of hydrogen-bond donors (Lipinski definition) is 2. The molecule has 4 aliphatic rings. The highest BCUT2D eigenvalue weighted by Gasteiger charge is 2.57. The molecule has 0 radical (unpaired) electrons. The normalized spacial score (nSPS) is 38.6. The van der Waals surface area contributed by atoms with Gasteiger partial charge < -0.3 is 15.5 Å². The van der Waals surface area contributed by atoms with Crippen molar-refractivity contribution in [2.75, 3.05) is 13.1 Å². The van der Waals surface area contributed by atoms with Crippen LogP contribution in [0.2, 0.25) is 0 Å². The zero-order valence-corrected chi connectivity index (χ0v) is 13.4. The van der Waals surface area contributed by atoms with E-state index in [1.807, 2.05) is 6.08 Å². The Balaban J connectivity index is 1.49. The monoisotopic (exact) mass is 300 g/mol. The Bertz CT molecular complexity index is 581. The van der Waals surface area contributed by atoms with Crippen molar-refractivity contribution in [3.8, 4) is 0 Å². The van der Waals surface area contributed by atoms with Gasteiger partial charge in [0.25, 0.3) is 0 Å². The second kappa shape index (κ2) is 4.69. The lowest BCUT2D eigenvalue weighted by atomic mass is 10.0. The van der Waals surface area contributed by atoms with Gasteiger partial charge in [-0.25, -0.2) is 0 Å². The molecule has 0 aromatic rings. The quantitative estimate of drug-likeness (QED) is 0.814. The molecule has 5 atom stereocenters. The van der Waals surface area contributed by atoms with Crippen molar-refractivity contribution in [1.29, 1.82) is 0 Å². The van der Waals surface area contributed by atoms with Crippen LogP contribution in [0.3, 0.4) is 0 Å². The molecular formula is C17H24N4O. The third kappa shape index (κ3) is 2.02. The summed E-state index contributed by atoms with van der Waals surface area (Å²) < 4.78 is 0. The summed E-state index contributed by atoms with van der Waals surface area (Å²) in [5.41, 5.74) is -0.445. The number of fused-ring (bicyclic) bond motifs is 2. The fraction of sp³-hybridized carbons (Fsp3) is 0.647. The van der Waals surface area contributed by atoms with Crippen molar-refractivity contribution in [2.24, 2.45) is 22.7 Å². The molecule has 3 aliphatic heterocycles. The summed E-state index contributed by atoms with van der Waals surface area (Å²) in [4.78, 5) is 19.6. The highest BCUT2D eigenvalue weighted by Crippen LogP contribution is 2.48. The van der Waals surface area contributed by atoms with Crippen LogP contribution in [0.1, 0.15) is 20.8 Å². The minimum Gasteiger partial charge on any atom is -0.344 e. The number of rotatable bonds is 3. The van der Waals surface area contributed by atoms with Crippen LogP contribution in [0.4, 0.5) is 0 Å². The number of allylic oxidation sites excluding steroid dienone is 2. The maximum absolute atomic E-state index is 12.6. The molecule has 22 heavy (non-hydrogen) atoms. The Hall–Kier alpha value is -1.62.